The van der Waals surface area contributed by atoms with E-state index in [-0.39, 0.29) is 30.1 Å². The number of hydrogen-bond acceptors (Lipinski definition) is 10. The number of allylic oxidation sites excluding steroid dienone is 1. The molecule has 13 heteroatoms. The average Bonchev–Trinajstić information content (AvgIpc) is 3.24. The average molecular weight is 804 g/mol. The Morgan fingerprint density at radius 3 is 2.44 bits per heavy atom. The van der Waals surface area contributed by atoms with Crippen LogP contribution in [0.1, 0.15) is 37.9 Å². The van der Waals surface area contributed by atoms with Crippen LogP contribution < -0.4 is 24.4 Å². The molecule has 2 heterocycles. The van der Waals surface area contributed by atoms with Crippen LogP contribution in [0.2, 0.25) is 0 Å². The second-order valence-electron chi connectivity index (χ2n) is 8.64. The first-order chi connectivity index (χ1) is 19.6. The maximum atomic E-state index is 13.9. The molecule has 216 valence electrons. The highest BCUT2D eigenvalue weighted by molar-refractivity contribution is 14.1. The van der Waals surface area contributed by atoms with E-state index in [0.29, 0.717) is 45.8 Å². The first kappa shape index (κ1) is 31.0. The van der Waals surface area contributed by atoms with Crippen LogP contribution in [0, 0.1) is 7.14 Å². The van der Waals surface area contributed by atoms with Crippen molar-refractivity contribution in [2.75, 3.05) is 26.9 Å². The summed E-state index contributed by atoms with van der Waals surface area (Å²) in [5, 5.41) is 10.2. The highest BCUT2D eigenvalue weighted by atomic mass is 127. The van der Waals surface area contributed by atoms with E-state index in [4.69, 9.17) is 14.2 Å². The van der Waals surface area contributed by atoms with Crippen molar-refractivity contribution in [3.8, 4) is 17.2 Å². The number of esters is 2. The third kappa shape index (κ3) is 6.61. The Morgan fingerprint density at radius 1 is 1.10 bits per heavy atom. The van der Waals surface area contributed by atoms with Crippen LogP contribution >= 0.6 is 56.5 Å². The smallest absolute Gasteiger partial charge is 0.343 e. The number of nitrogens with zero attached hydrogens (tertiary/aromatic N) is 2. The molecule has 0 spiro atoms. The molecule has 2 aromatic carbocycles. The van der Waals surface area contributed by atoms with Gasteiger partial charge in [0.1, 0.15) is 5.75 Å². The molecule has 1 aliphatic heterocycles. The third-order valence-corrected chi connectivity index (χ3v) is 8.64. The van der Waals surface area contributed by atoms with Crippen molar-refractivity contribution < 1.29 is 33.6 Å². The number of rotatable bonds is 9. The number of phenols is 1. The molecule has 1 aliphatic rings. The molecular formula is C28H26I2N2O8S. The summed E-state index contributed by atoms with van der Waals surface area (Å²) in [6, 6.07) is 7.72. The Morgan fingerprint density at radius 2 is 1.80 bits per heavy atom. The number of halogens is 2. The van der Waals surface area contributed by atoms with Gasteiger partial charge in [-0.2, -0.15) is 0 Å². The third-order valence-electron chi connectivity index (χ3n) is 6.01. The Labute approximate surface area is 266 Å². The molecule has 0 unspecified atom stereocenters. The van der Waals surface area contributed by atoms with E-state index in [9.17, 15) is 19.5 Å². The summed E-state index contributed by atoms with van der Waals surface area (Å²) < 4.78 is 24.6. The van der Waals surface area contributed by atoms with Gasteiger partial charge in [-0.3, -0.25) is 9.36 Å². The van der Waals surface area contributed by atoms with Crippen molar-refractivity contribution in [1.82, 2.24) is 4.57 Å². The standard InChI is InChI=1S/C28H26I2N2O8S/c1-5-38-20-12-16(7-8-19(20)40-13-22(33)37-4)24-23(27(36)39-6-2)14(3)31-28-32(24)26(35)21(41-28)11-15-9-17(29)25(34)18(30)10-15/h7-12,24,34H,5-6,13H2,1-4H3/b21-11-/t24-/m1/s1. The number of hydrogen-bond donors (Lipinski definition) is 1. The first-order valence-corrected chi connectivity index (χ1v) is 15.4. The lowest BCUT2D eigenvalue weighted by molar-refractivity contribution is -0.143. The summed E-state index contributed by atoms with van der Waals surface area (Å²) in [6.45, 7) is 5.37. The Bertz CT molecular complexity index is 1700. The number of aromatic hydroxyl groups is 1. The number of thiazole rings is 1. The second-order valence-corrected chi connectivity index (χ2v) is 12.0. The summed E-state index contributed by atoms with van der Waals surface area (Å²) in [4.78, 5) is 43.8. The van der Waals surface area contributed by atoms with E-state index in [1.54, 1.807) is 57.2 Å². The molecule has 0 bridgehead atoms. The molecule has 0 saturated carbocycles. The van der Waals surface area contributed by atoms with Crippen LogP contribution in [0.15, 0.2) is 51.4 Å². The largest absolute Gasteiger partial charge is 0.506 e. The Kier molecular flexibility index (Phi) is 10.1. The summed E-state index contributed by atoms with van der Waals surface area (Å²) >= 11 is 5.28. The second kappa shape index (κ2) is 13.4. The number of ether oxygens (including phenoxy) is 4. The van der Waals surface area contributed by atoms with Gasteiger partial charge in [0.05, 0.1) is 49.3 Å². The maximum absolute atomic E-state index is 13.9. The molecule has 10 nitrogen and oxygen atoms in total. The van der Waals surface area contributed by atoms with Gasteiger partial charge >= 0.3 is 11.9 Å². The molecule has 1 atom stereocenters. The van der Waals surface area contributed by atoms with Gasteiger partial charge in [0.2, 0.25) is 0 Å². The minimum absolute atomic E-state index is 0.148. The van der Waals surface area contributed by atoms with Gasteiger partial charge in [-0.25, -0.2) is 14.6 Å². The van der Waals surface area contributed by atoms with Crippen molar-refractivity contribution in [2.45, 2.75) is 26.8 Å². The lowest BCUT2D eigenvalue weighted by atomic mass is 9.95. The van der Waals surface area contributed by atoms with E-state index in [1.807, 2.05) is 45.2 Å². The molecule has 0 radical (unpaired) electrons. The number of carbonyl (C=O) groups is 2. The number of aromatic nitrogens is 1. The topological polar surface area (TPSA) is 126 Å². The van der Waals surface area contributed by atoms with Gasteiger partial charge in [0, 0.05) is 0 Å². The van der Waals surface area contributed by atoms with Crippen LogP contribution in [0.25, 0.3) is 6.08 Å². The molecule has 41 heavy (non-hydrogen) atoms. The predicted molar refractivity (Wildman–Crippen MR) is 169 cm³/mol. The fraction of sp³-hybridized carbons (Fsp3) is 0.286. The summed E-state index contributed by atoms with van der Waals surface area (Å²) in [5.74, 6) is -0.307. The van der Waals surface area contributed by atoms with Gasteiger partial charge in [0.25, 0.3) is 5.56 Å². The molecule has 3 aromatic rings. The summed E-state index contributed by atoms with van der Waals surface area (Å²) in [5.41, 5.74) is 1.63. The van der Waals surface area contributed by atoms with E-state index in [2.05, 4.69) is 9.73 Å². The monoisotopic (exact) mass is 804 g/mol. The van der Waals surface area contributed by atoms with Crippen molar-refractivity contribution in [1.29, 1.82) is 0 Å². The van der Waals surface area contributed by atoms with Gasteiger partial charge in [0.15, 0.2) is 22.9 Å². The van der Waals surface area contributed by atoms with Gasteiger partial charge < -0.3 is 24.1 Å². The molecule has 0 amide bonds. The molecule has 0 fully saturated rings. The minimum atomic E-state index is -0.860. The zero-order valence-corrected chi connectivity index (χ0v) is 27.7. The summed E-state index contributed by atoms with van der Waals surface area (Å²) in [6.07, 6.45) is 1.74. The lowest BCUT2D eigenvalue weighted by Crippen LogP contribution is -2.40. The Hall–Kier alpha value is -2.92. The number of fused-ring (bicyclic) bond motifs is 1. The van der Waals surface area contributed by atoms with Crippen LogP contribution in [0.3, 0.4) is 0 Å². The van der Waals surface area contributed by atoms with Gasteiger partial charge in [-0.05, 0) is 107 Å². The molecule has 0 aliphatic carbocycles. The lowest BCUT2D eigenvalue weighted by Gasteiger charge is -2.25. The van der Waals surface area contributed by atoms with Crippen LogP contribution in [0.5, 0.6) is 17.2 Å². The zero-order chi connectivity index (χ0) is 29.8. The van der Waals surface area contributed by atoms with Crippen molar-refractivity contribution in [3.05, 3.63) is 79.6 Å². The van der Waals surface area contributed by atoms with Crippen LogP contribution in [-0.2, 0) is 19.1 Å². The van der Waals surface area contributed by atoms with Gasteiger partial charge in [-0.15, -0.1) is 0 Å². The SMILES string of the molecule is CCOC(=O)C1=C(C)N=c2s/c(=C\c3cc(I)c(O)c(I)c3)c(=O)n2[C@@H]1c1ccc(OCC(=O)OC)c(OCC)c1. The van der Waals surface area contributed by atoms with E-state index >= 15 is 0 Å². The first-order valence-electron chi connectivity index (χ1n) is 12.4. The number of phenolic OH excluding ortho intramolecular Hbond substituents is 1. The van der Waals surface area contributed by atoms with E-state index in [0.717, 1.165) is 5.56 Å². The molecule has 1 aromatic heterocycles. The Balaban J connectivity index is 1.91. The van der Waals surface area contributed by atoms with Crippen molar-refractivity contribution in [2.24, 2.45) is 4.99 Å². The van der Waals surface area contributed by atoms with E-state index < -0.39 is 18.0 Å². The van der Waals surface area contributed by atoms with Crippen LogP contribution in [0.4, 0.5) is 0 Å². The highest BCUT2D eigenvalue weighted by Crippen LogP contribution is 2.36. The fourth-order valence-corrected chi connectivity index (χ4v) is 7.07. The summed E-state index contributed by atoms with van der Waals surface area (Å²) in [7, 11) is 1.27. The quantitative estimate of drug-likeness (QED) is 0.257. The zero-order valence-electron chi connectivity index (χ0n) is 22.5. The molecule has 0 saturated heterocycles. The highest BCUT2D eigenvalue weighted by Gasteiger charge is 2.34. The van der Waals surface area contributed by atoms with Crippen LogP contribution in [-0.4, -0.2) is 48.5 Å². The predicted octanol–water partition coefficient (Wildman–Crippen LogP) is 3.66. The number of carbonyl (C=O) groups excluding carboxylic acids is 2. The minimum Gasteiger partial charge on any atom is -0.506 e. The molecule has 1 N–H and O–H groups in total. The maximum Gasteiger partial charge on any atom is 0.343 e. The normalized spacial score (nSPS) is 14.8. The van der Waals surface area contributed by atoms with Crippen molar-refractivity contribution in [3.63, 3.8) is 0 Å². The number of benzene rings is 2. The van der Waals surface area contributed by atoms with Crippen molar-refractivity contribution >= 4 is 74.5 Å². The molecular weight excluding hydrogens is 778 g/mol. The fourth-order valence-electron chi connectivity index (χ4n) is 4.20. The van der Waals surface area contributed by atoms with Gasteiger partial charge in [-0.1, -0.05) is 17.4 Å². The number of methoxy groups -OCH3 is 1. The van der Waals surface area contributed by atoms with E-state index in [1.165, 1.54) is 23.0 Å². The molecule has 4 rings (SSSR count).